The van der Waals surface area contributed by atoms with Crippen molar-refractivity contribution in [1.82, 2.24) is 5.06 Å². The molecule has 0 N–H and O–H groups in total. The van der Waals surface area contributed by atoms with Crippen molar-refractivity contribution in [3.05, 3.63) is 0 Å². The quantitative estimate of drug-likeness (QED) is 0.645. The Balaban J connectivity index is 2.94. The third kappa shape index (κ3) is 2.49. The van der Waals surface area contributed by atoms with E-state index in [0.29, 0.717) is 19.3 Å². The first-order chi connectivity index (χ1) is 6.67. The van der Waals surface area contributed by atoms with E-state index in [-0.39, 0.29) is 0 Å². The van der Waals surface area contributed by atoms with Gasteiger partial charge in [-0.1, -0.05) is 0 Å². The second-order valence-corrected chi connectivity index (χ2v) is 5.68. The molecule has 1 unspecified atom stereocenters. The summed E-state index contributed by atoms with van der Waals surface area (Å²) in [5, 5.41) is 24.0. The molecule has 0 saturated carbocycles. The third-order valence-electron chi connectivity index (χ3n) is 3.28. The molecule has 0 aromatic heterocycles. The lowest BCUT2D eigenvalue weighted by atomic mass is 9.90. The first kappa shape index (κ1) is 12.5. The van der Waals surface area contributed by atoms with E-state index in [1.807, 2.05) is 13.8 Å². The molecule has 0 amide bonds. The van der Waals surface area contributed by atoms with Crippen molar-refractivity contribution >= 4 is 5.97 Å². The number of nitrogens with zero attached hydrogens (tertiary/aromatic N) is 1. The van der Waals surface area contributed by atoms with Crippen LogP contribution in [0, 0.1) is 5.92 Å². The fourth-order valence-corrected chi connectivity index (χ4v) is 2.44. The van der Waals surface area contributed by atoms with Crippen molar-refractivity contribution in [3.63, 3.8) is 0 Å². The molecule has 4 heteroatoms. The SMILES string of the molecule is CC1(C)CCC(C(=O)[O-])CC(C)(C)N1[O]. The van der Waals surface area contributed by atoms with Crippen molar-refractivity contribution in [2.75, 3.05) is 0 Å². The van der Waals surface area contributed by atoms with Crippen LogP contribution >= 0.6 is 0 Å². The maximum absolute atomic E-state index is 12.1. The average molecular weight is 213 g/mol. The van der Waals surface area contributed by atoms with Gasteiger partial charge in [0.25, 0.3) is 0 Å². The predicted octanol–water partition coefficient (Wildman–Crippen LogP) is 0.741. The molecule has 0 spiro atoms. The van der Waals surface area contributed by atoms with Gasteiger partial charge in [0.1, 0.15) is 0 Å². The van der Waals surface area contributed by atoms with Gasteiger partial charge < -0.3 is 9.90 Å². The first-order valence-electron chi connectivity index (χ1n) is 5.35. The van der Waals surface area contributed by atoms with Gasteiger partial charge in [-0.05, 0) is 47.0 Å². The number of carbonyl (C=O) groups excluding carboxylic acids is 1. The zero-order valence-electron chi connectivity index (χ0n) is 9.87. The van der Waals surface area contributed by atoms with Crippen LogP contribution in [0.1, 0.15) is 47.0 Å². The Bertz CT molecular complexity index is 261. The van der Waals surface area contributed by atoms with E-state index in [0.717, 1.165) is 5.06 Å². The number of aliphatic carboxylic acids is 1. The van der Waals surface area contributed by atoms with Crippen molar-refractivity contribution in [2.45, 2.75) is 58.0 Å². The monoisotopic (exact) mass is 213 g/mol. The van der Waals surface area contributed by atoms with Gasteiger partial charge in [-0.15, -0.1) is 10.3 Å². The summed E-state index contributed by atoms with van der Waals surface area (Å²) in [5.41, 5.74) is -1.13. The standard InChI is InChI=1S/C11H20NO3/c1-10(2)6-5-8(9(13)14)7-11(3,4)12(10)15/h8H,5-7H2,1-4H3,(H,13,14)/p-1. The Kier molecular flexibility index (Phi) is 3.12. The highest BCUT2D eigenvalue weighted by molar-refractivity contribution is 5.67. The molecular formula is C11H19NO3-. The Hall–Kier alpha value is -0.610. The van der Waals surface area contributed by atoms with Gasteiger partial charge >= 0.3 is 0 Å². The number of carbonyl (C=O) groups is 1. The van der Waals surface area contributed by atoms with Gasteiger partial charge in [-0.2, -0.15) is 0 Å². The molecule has 1 heterocycles. The van der Waals surface area contributed by atoms with Crippen LogP contribution in [0.15, 0.2) is 0 Å². The lowest BCUT2D eigenvalue weighted by molar-refractivity contribution is -0.313. The molecule has 1 aliphatic heterocycles. The minimum atomic E-state index is -1.03. The predicted molar refractivity (Wildman–Crippen MR) is 53.0 cm³/mol. The number of hydrogen-bond donors (Lipinski definition) is 0. The highest BCUT2D eigenvalue weighted by Gasteiger charge is 2.43. The van der Waals surface area contributed by atoms with Gasteiger partial charge in [0.15, 0.2) is 0 Å². The van der Waals surface area contributed by atoms with Crippen LogP contribution in [-0.4, -0.2) is 22.1 Å². The molecular weight excluding hydrogens is 194 g/mol. The smallest absolute Gasteiger partial charge is 0.0449 e. The van der Waals surface area contributed by atoms with E-state index in [2.05, 4.69) is 0 Å². The minimum absolute atomic E-state index is 0.363. The molecule has 0 aromatic rings. The number of rotatable bonds is 1. The largest absolute Gasteiger partial charge is 0.550 e. The Labute approximate surface area is 90.8 Å². The third-order valence-corrected chi connectivity index (χ3v) is 3.28. The van der Waals surface area contributed by atoms with Crippen LogP contribution in [0.5, 0.6) is 0 Å². The zero-order chi connectivity index (χ0) is 11.9. The number of hydroxylamine groups is 2. The topological polar surface area (TPSA) is 63.3 Å². The zero-order valence-corrected chi connectivity index (χ0v) is 9.87. The van der Waals surface area contributed by atoms with E-state index < -0.39 is 23.0 Å². The second kappa shape index (κ2) is 3.76. The molecule has 0 aliphatic carbocycles. The molecule has 0 aromatic carbocycles. The lowest BCUT2D eigenvalue weighted by Crippen LogP contribution is -2.51. The highest BCUT2D eigenvalue weighted by Crippen LogP contribution is 2.37. The summed E-state index contributed by atoms with van der Waals surface area (Å²) in [6, 6.07) is 0. The van der Waals surface area contributed by atoms with Crippen LogP contribution in [0.4, 0.5) is 0 Å². The Morgan fingerprint density at radius 1 is 1.27 bits per heavy atom. The summed E-state index contributed by atoms with van der Waals surface area (Å²) in [7, 11) is 0. The van der Waals surface area contributed by atoms with Gasteiger partial charge in [0, 0.05) is 23.0 Å². The molecule has 15 heavy (non-hydrogen) atoms. The first-order valence-corrected chi connectivity index (χ1v) is 5.35. The van der Waals surface area contributed by atoms with Crippen molar-refractivity contribution < 1.29 is 15.1 Å². The molecule has 0 bridgehead atoms. The average Bonchev–Trinajstić information content (AvgIpc) is 2.16. The van der Waals surface area contributed by atoms with Crippen LogP contribution in [-0.2, 0) is 10.0 Å². The van der Waals surface area contributed by atoms with E-state index in [1.54, 1.807) is 13.8 Å². The lowest BCUT2D eigenvalue weighted by Gasteiger charge is -2.40. The number of carboxylic acids is 1. The van der Waals surface area contributed by atoms with Gasteiger partial charge in [-0.3, -0.25) is 0 Å². The van der Waals surface area contributed by atoms with Crippen molar-refractivity contribution in [1.29, 1.82) is 0 Å². The summed E-state index contributed by atoms with van der Waals surface area (Å²) in [5.74, 6) is -1.53. The summed E-state index contributed by atoms with van der Waals surface area (Å²) in [6.45, 7) is 7.31. The normalized spacial score (nSPS) is 30.9. The van der Waals surface area contributed by atoms with Crippen LogP contribution in [0.2, 0.25) is 0 Å². The van der Waals surface area contributed by atoms with Gasteiger partial charge in [0.2, 0.25) is 0 Å². The molecule has 1 aliphatic rings. The van der Waals surface area contributed by atoms with Crippen molar-refractivity contribution in [3.8, 4) is 0 Å². The maximum Gasteiger partial charge on any atom is 0.0449 e. The number of carboxylic acid groups (broad SMARTS) is 1. The van der Waals surface area contributed by atoms with Gasteiger partial charge in [-0.25, -0.2) is 0 Å². The molecule has 4 nitrogen and oxygen atoms in total. The Morgan fingerprint density at radius 2 is 1.80 bits per heavy atom. The van der Waals surface area contributed by atoms with Gasteiger partial charge in [0.05, 0.1) is 0 Å². The number of hydrogen-bond acceptors (Lipinski definition) is 3. The molecule has 1 rings (SSSR count). The minimum Gasteiger partial charge on any atom is -0.550 e. The van der Waals surface area contributed by atoms with Crippen molar-refractivity contribution in [2.24, 2.45) is 5.92 Å². The van der Waals surface area contributed by atoms with E-state index in [9.17, 15) is 15.1 Å². The molecule has 1 fully saturated rings. The summed E-state index contributed by atoms with van der Waals surface area (Å²) in [6.07, 6.45) is 1.48. The second-order valence-electron chi connectivity index (χ2n) is 5.68. The van der Waals surface area contributed by atoms with E-state index in [1.165, 1.54) is 0 Å². The molecule has 1 radical (unpaired) electrons. The fourth-order valence-electron chi connectivity index (χ4n) is 2.44. The van der Waals surface area contributed by atoms with Crippen LogP contribution < -0.4 is 5.11 Å². The van der Waals surface area contributed by atoms with E-state index in [4.69, 9.17) is 0 Å². The molecule has 1 atom stereocenters. The molecule has 1 saturated heterocycles. The molecule has 87 valence electrons. The summed E-state index contributed by atoms with van der Waals surface area (Å²) >= 11 is 0. The highest BCUT2D eigenvalue weighted by atomic mass is 16.5. The van der Waals surface area contributed by atoms with Crippen LogP contribution in [0.25, 0.3) is 0 Å². The summed E-state index contributed by atoms with van der Waals surface area (Å²) < 4.78 is 0. The van der Waals surface area contributed by atoms with E-state index >= 15 is 0 Å². The summed E-state index contributed by atoms with van der Waals surface area (Å²) in [4.78, 5) is 10.9. The Morgan fingerprint density at radius 3 is 2.27 bits per heavy atom. The van der Waals surface area contributed by atoms with Crippen LogP contribution in [0.3, 0.4) is 0 Å². The maximum atomic E-state index is 12.1. The fraction of sp³-hybridized carbons (Fsp3) is 0.909.